The summed E-state index contributed by atoms with van der Waals surface area (Å²) in [5.41, 5.74) is 8.09. The van der Waals surface area contributed by atoms with Gasteiger partial charge in [-0.3, -0.25) is 9.69 Å². The Morgan fingerprint density at radius 2 is 2.08 bits per heavy atom. The molecule has 0 amide bonds. The Morgan fingerprint density at radius 3 is 2.77 bits per heavy atom. The maximum Gasteiger partial charge on any atom is 0.251 e. The highest BCUT2D eigenvalue weighted by atomic mass is 16.3. The van der Waals surface area contributed by atoms with Crippen LogP contribution in [-0.4, -0.2) is 64.2 Å². The average Bonchev–Trinajstić information content (AvgIpc) is 2.65. The molecule has 0 radical (unpaired) electrons. The summed E-state index contributed by atoms with van der Waals surface area (Å²) in [7, 11) is 2.12. The van der Waals surface area contributed by atoms with Crippen molar-refractivity contribution in [3.63, 3.8) is 0 Å². The van der Waals surface area contributed by atoms with E-state index in [4.69, 9.17) is 5.73 Å². The summed E-state index contributed by atoms with van der Waals surface area (Å²) in [6.07, 6.45) is 0.808. The van der Waals surface area contributed by atoms with Crippen LogP contribution >= 0.6 is 0 Å². The van der Waals surface area contributed by atoms with E-state index in [1.807, 2.05) is 12.1 Å². The summed E-state index contributed by atoms with van der Waals surface area (Å²) in [5, 5.41) is 9.22. The predicted molar refractivity (Wildman–Crippen MR) is 102 cm³/mol. The van der Waals surface area contributed by atoms with Gasteiger partial charge >= 0.3 is 0 Å². The third kappa shape index (κ3) is 4.56. The molecule has 7 heteroatoms. The standard InChI is InChI=1S/C19H27N5O2/c1-23-7-8-24(13-17(23)6-9-25)12-14-2-4-15(5-3-14)19-21-16(11-20)10-18(26)22-19/h2-5,10,17,25H,6-9,11-13,20H2,1H3,(H,21,22,26). The molecule has 1 fully saturated rings. The summed E-state index contributed by atoms with van der Waals surface area (Å²) in [6, 6.07) is 9.94. The highest BCUT2D eigenvalue weighted by Crippen LogP contribution is 2.18. The lowest BCUT2D eigenvalue weighted by atomic mass is 10.1. The van der Waals surface area contributed by atoms with Crippen LogP contribution in [0.2, 0.25) is 0 Å². The third-order valence-electron chi connectivity index (χ3n) is 4.96. The summed E-state index contributed by atoms with van der Waals surface area (Å²) < 4.78 is 0. The van der Waals surface area contributed by atoms with Gasteiger partial charge in [-0.2, -0.15) is 0 Å². The Bertz CT molecular complexity index is 774. The lowest BCUT2D eigenvalue weighted by Gasteiger charge is -2.39. The molecule has 1 aliphatic rings. The summed E-state index contributed by atoms with van der Waals surface area (Å²) >= 11 is 0. The van der Waals surface area contributed by atoms with Crippen LogP contribution in [0, 0.1) is 0 Å². The Balaban J connectivity index is 1.68. The molecule has 3 rings (SSSR count). The maximum atomic E-state index is 11.7. The van der Waals surface area contributed by atoms with Gasteiger partial charge in [0.2, 0.25) is 0 Å². The van der Waals surface area contributed by atoms with Crippen LogP contribution in [0.5, 0.6) is 0 Å². The Hall–Kier alpha value is -2.06. The minimum atomic E-state index is -0.188. The van der Waals surface area contributed by atoms with Crippen LogP contribution in [0.25, 0.3) is 11.4 Å². The second-order valence-electron chi connectivity index (χ2n) is 6.87. The zero-order valence-corrected chi connectivity index (χ0v) is 15.2. The lowest BCUT2D eigenvalue weighted by molar-refractivity contribution is 0.0743. The fraction of sp³-hybridized carbons (Fsp3) is 0.474. The summed E-state index contributed by atoms with van der Waals surface area (Å²) in [6.45, 7) is 4.35. The molecule has 0 aliphatic carbocycles. The van der Waals surface area contributed by atoms with E-state index in [0.29, 0.717) is 17.6 Å². The predicted octanol–water partition coefficient (Wildman–Crippen LogP) is 0.394. The van der Waals surface area contributed by atoms with Crippen molar-refractivity contribution in [1.29, 1.82) is 0 Å². The largest absolute Gasteiger partial charge is 0.396 e. The third-order valence-corrected chi connectivity index (χ3v) is 4.96. The van der Waals surface area contributed by atoms with E-state index >= 15 is 0 Å². The molecule has 0 bridgehead atoms. The quantitative estimate of drug-likeness (QED) is 0.692. The molecule has 1 aromatic carbocycles. The molecule has 2 heterocycles. The molecule has 0 saturated carbocycles. The summed E-state index contributed by atoms with van der Waals surface area (Å²) in [4.78, 5) is 23.6. The van der Waals surface area contributed by atoms with E-state index in [2.05, 4.69) is 38.9 Å². The number of hydrogen-bond donors (Lipinski definition) is 3. The number of nitrogens with two attached hydrogens (primary N) is 1. The van der Waals surface area contributed by atoms with Gasteiger partial charge in [0.05, 0.1) is 5.69 Å². The lowest BCUT2D eigenvalue weighted by Crippen LogP contribution is -2.51. The van der Waals surface area contributed by atoms with Crippen molar-refractivity contribution < 1.29 is 5.11 Å². The smallest absolute Gasteiger partial charge is 0.251 e. The zero-order valence-electron chi connectivity index (χ0n) is 15.2. The number of rotatable bonds is 6. The van der Waals surface area contributed by atoms with Crippen molar-refractivity contribution in [3.05, 3.63) is 51.9 Å². The molecule has 1 saturated heterocycles. The molecule has 4 N–H and O–H groups in total. The molecule has 26 heavy (non-hydrogen) atoms. The van der Waals surface area contributed by atoms with E-state index < -0.39 is 0 Å². The van der Waals surface area contributed by atoms with Gasteiger partial charge in [-0.15, -0.1) is 0 Å². The van der Waals surface area contributed by atoms with Gasteiger partial charge in [-0.25, -0.2) is 4.98 Å². The van der Waals surface area contributed by atoms with Crippen molar-refractivity contribution in [2.45, 2.75) is 25.6 Å². The molecule has 1 aromatic heterocycles. The van der Waals surface area contributed by atoms with Gasteiger partial charge in [0.25, 0.3) is 5.56 Å². The van der Waals surface area contributed by atoms with Crippen LogP contribution in [0.4, 0.5) is 0 Å². The Kier molecular flexibility index (Phi) is 6.16. The van der Waals surface area contributed by atoms with E-state index in [-0.39, 0.29) is 18.7 Å². The fourth-order valence-electron chi connectivity index (χ4n) is 3.39. The first kappa shape index (κ1) is 18.7. The number of likely N-dealkylation sites (N-methyl/N-ethyl adjacent to an activating group) is 1. The van der Waals surface area contributed by atoms with Crippen LogP contribution in [0.1, 0.15) is 17.7 Å². The molecule has 1 atom stereocenters. The van der Waals surface area contributed by atoms with Crippen molar-refractivity contribution in [2.75, 3.05) is 33.3 Å². The van der Waals surface area contributed by atoms with Gasteiger partial charge < -0.3 is 20.7 Å². The van der Waals surface area contributed by atoms with E-state index in [1.165, 1.54) is 11.6 Å². The number of aromatic nitrogens is 2. The number of nitrogens with zero attached hydrogens (tertiary/aromatic N) is 3. The second kappa shape index (κ2) is 8.55. The second-order valence-corrected chi connectivity index (χ2v) is 6.87. The molecular weight excluding hydrogens is 330 g/mol. The zero-order chi connectivity index (χ0) is 18.5. The molecule has 7 nitrogen and oxygen atoms in total. The Labute approximate surface area is 153 Å². The van der Waals surface area contributed by atoms with Crippen LogP contribution in [0.3, 0.4) is 0 Å². The number of benzene rings is 1. The number of nitrogens with one attached hydrogen (secondary N) is 1. The number of aliphatic hydroxyl groups is 1. The maximum absolute atomic E-state index is 11.7. The van der Waals surface area contributed by atoms with E-state index in [9.17, 15) is 9.90 Å². The van der Waals surface area contributed by atoms with Crippen molar-refractivity contribution in [1.82, 2.24) is 19.8 Å². The molecule has 140 valence electrons. The number of piperazine rings is 1. The topological polar surface area (TPSA) is 98.5 Å². The van der Waals surface area contributed by atoms with Gasteiger partial charge in [0.1, 0.15) is 5.82 Å². The number of aliphatic hydroxyl groups excluding tert-OH is 1. The monoisotopic (exact) mass is 357 g/mol. The molecule has 1 aliphatic heterocycles. The van der Waals surface area contributed by atoms with Gasteiger partial charge in [0, 0.05) is 57.0 Å². The number of H-pyrrole nitrogens is 1. The normalized spacial score (nSPS) is 19.0. The van der Waals surface area contributed by atoms with Crippen molar-refractivity contribution in [3.8, 4) is 11.4 Å². The first-order chi connectivity index (χ1) is 12.6. The minimum absolute atomic E-state index is 0.188. The molecule has 0 spiro atoms. The average molecular weight is 357 g/mol. The van der Waals surface area contributed by atoms with E-state index in [1.54, 1.807) is 0 Å². The first-order valence-electron chi connectivity index (χ1n) is 9.02. The van der Waals surface area contributed by atoms with Gasteiger partial charge in [-0.05, 0) is 19.0 Å². The number of hydrogen-bond acceptors (Lipinski definition) is 6. The number of aromatic amines is 1. The highest BCUT2D eigenvalue weighted by molar-refractivity contribution is 5.55. The minimum Gasteiger partial charge on any atom is -0.396 e. The highest BCUT2D eigenvalue weighted by Gasteiger charge is 2.23. The Morgan fingerprint density at radius 1 is 1.31 bits per heavy atom. The van der Waals surface area contributed by atoms with Crippen molar-refractivity contribution in [2.24, 2.45) is 5.73 Å². The molecular formula is C19H27N5O2. The van der Waals surface area contributed by atoms with E-state index in [0.717, 1.165) is 38.2 Å². The van der Waals surface area contributed by atoms with Gasteiger partial charge in [-0.1, -0.05) is 24.3 Å². The van der Waals surface area contributed by atoms with Crippen LogP contribution in [0.15, 0.2) is 35.1 Å². The molecule has 2 aromatic rings. The van der Waals surface area contributed by atoms with Crippen molar-refractivity contribution >= 4 is 0 Å². The SMILES string of the molecule is CN1CCN(Cc2ccc(-c3nc(CN)cc(=O)[nH]3)cc2)CC1CCO. The van der Waals surface area contributed by atoms with Crippen LogP contribution < -0.4 is 11.3 Å². The van der Waals surface area contributed by atoms with Gasteiger partial charge in [0.15, 0.2) is 0 Å². The summed E-state index contributed by atoms with van der Waals surface area (Å²) in [5.74, 6) is 0.548. The van der Waals surface area contributed by atoms with Crippen LogP contribution in [-0.2, 0) is 13.1 Å². The fourth-order valence-corrected chi connectivity index (χ4v) is 3.39. The molecule has 1 unspecified atom stereocenters. The first-order valence-corrected chi connectivity index (χ1v) is 9.02.